The van der Waals surface area contributed by atoms with Crippen molar-refractivity contribution < 1.29 is 0 Å². The van der Waals surface area contributed by atoms with E-state index in [2.05, 4.69) is 206 Å². The lowest BCUT2D eigenvalue weighted by molar-refractivity contribution is 1.26. The molecular weight excluding hydrogens is 721 g/mol. The highest BCUT2D eigenvalue weighted by Gasteiger charge is 2.30. The Kier molecular flexibility index (Phi) is 7.23. The Bertz CT molecular complexity index is 3470. The van der Waals surface area contributed by atoms with Gasteiger partial charge >= 0.3 is 0 Å². The van der Waals surface area contributed by atoms with E-state index >= 15 is 0 Å². The Morgan fingerprint density at radius 3 is 0.933 bits per heavy atom. The second kappa shape index (κ2) is 13.0. The molecule has 11 aromatic carbocycles. The molecule has 11 aromatic rings. The molecule has 0 unspecified atom stereocenters. The fraction of sp³-hybridized carbons (Fsp3) is 0.0333. The maximum Gasteiger partial charge on any atom is -0.00130 e. The molecule has 0 saturated carbocycles. The molecule has 0 N–H and O–H groups in total. The van der Waals surface area contributed by atoms with Gasteiger partial charge in [0, 0.05) is 0 Å². The summed E-state index contributed by atoms with van der Waals surface area (Å²) in [5.74, 6) is 0. The van der Waals surface area contributed by atoms with E-state index in [1.165, 1.54) is 132 Å². The number of rotatable bonds is 4. The SMILES string of the molecule is c1ccc(-c2c3ccccc3c(-c3cccc4c3-c3c(cccc3-c3c5ccccc5c(-c5cccc6c5-c5ccccc5C6)c5ccccc35)C4)c3ccccc23)cc1. The van der Waals surface area contributed by atoms with Crippen molar-refractivity contribution in [1.29, 1.82) is 0 Å². The Labute approximate surface area is 349 Å². The second-order valence-electron chi connectivity index (χ2n) is 16.6. The summed E-state index contributed by atoms with van der Waals surface area (Å²) >= 11 is 0. The summed E-state index contributed by atoms with van der Waals surface area (Å²) in [6.07, 6.45) is 1.89. The lowest BCUT2D eigenvalue weighted by atomic mass is 9.80. The summed E-state index contributed by atoms with van der Waals surface area (Å²) in [4.78, 5) is 0. The maximum atomic E-state index is 2.39. The Balaban J connectivity index is 1.11. The molecule has 0 fully saturated rings. The van der Waals surface area contributed by atoms with E-state index in [1.54, 1.807) is 0 Å². The first-order chi connectivity index (χ1) is 29.8. The van der Waals surface area contributed by atoms with Crippen LogP contribution in [-0.2, 0) is 12.8 Å². The average Bonchev–Trinajstić information content (AvgIpc) is 3.89. The van der Waals surface area contributed by atoms with E-state index in [0.29, 0.717) is 0 Å². The van der Waals surface area contributed by atoms with Gasteiger partial charge in [0.1, 0.15) is 0 Å². The minimum Gasteiger partial charge on any atom is -0.0622 e. The minimum absolute atomic E-state index is 0.911. The zero-order valence-corrected chi connectivity index (χ0v) is 33.0. The molecule has 0 aromatic heterocycles. The van der Waals surface area contributed by atoms with Crippen molar-refractivity contribution in [3.8, 4) is 66.8 Å². The van der Waals surface area contributed by atoms with Crippen LogP contribution < -0.4 is 0 Å². The van der Waals surface area contributed by atoms with Crippen LogP contribution in [0.4, 0.5) is 0 Å². The second-order valence-corrected chi connectivity index (χ2v) is 16.6. The molecule has 0 heterocycles. The number of hydrogen-bond donors (Lipinski definition) is 0. The maximum absolute atomic E-state index is 2.39. The van der Waals surface area contributed by atoms with Crippen LogP contribution in [0.3, 0.4) is 0 Å². The van der Waals surface area contributed by atoms with E-state index in [-0.39, 0.29) is 0 Å². The highest BCUT2D eigenvalue weighted by molar-refractivity contribution is 6.26. The van der Waals surface area contributed by atoms with Gasteiger partial charge in [0.15, 0.2) is 0 Å². The molecule has 60 heavy (non-hydrogen) atoms. The van der Waals surface area contributed by atoms with Gasteiger partial charge in [-0.1, -0.05) is 206 Å². The Morgan fingerprint density at radius 1 is 0.183 bits per heavy atom. The monoisotopic (exact) mass is 758 g/mol. The summed E-state index contributed by atoms with van der Waals surface area (Å²) < 4.78 is 0. The third-order valence-corrected chi connectivity index (χ3v) is 13.5. The zero-order valence-electron chi connectivity index (χ0n) is 33.0. The van der Waals surface area contributed by atoms with Crippen molar-refractivity contribution in [3.63, 3.8) is 0 Å². The molecule has 0 amide bonds. The van der Waals surface area contributed by atoms with Gasteiger partial charge in [-0.15, -0.1) is 0 Å². The lowest BCUT2D eigenvalue weighted by Crippen LogP contribution is -1.96. The highest BCUT2D eigenvalue weighted by Crippen LogP contribution is 2.55. The van der Waals surface area contributed by atoms with Crippen LogP contribution in [-0.4, -0.2) is 0 Å². The van der Waals surface area contributed by atoms with Crippen molar-refractivity contribution >= 4 is 43.1 Å². The van der Waals surface area contributed by atoms with E-state index in [9.17, 15) is 0 Å². The average molecular weight is 759 g/mol. The number of benzene rings is 11. The molecule has 2 aliphatic rings. The van der Waals surface area contributed by atoms with E-state index in [0.717, 1.165) is 12.8 Å². The first-order valence-electron chi connectivity index (χ1n) is 21.2. The Hall–Kier alpha value is -7.54. The molecule has 0 saturated heterocycles. The van der Waals surface area contributed by atoms with Crippen molar-refractivity contribution in [3.05, 3.63) is 229 Å². The molecule has 0 aliphatic heterocycles. The van der Waals surface area contributed by atoms with E-state index < -0.39 is 0 Å². The first-order valence-corrected chi connectivity index (χ1v) is 21.2. The predicted molar refractivity (Wildman–Crippen MR) is 255 cm³/mol. The number of hydrogen-bond acceptors (Lipinski definition) is 0. The summed E-state index contributed by atoms with van der Waals surface area (Å²) in [6, 6.07) is 77.3. The normalized spacial score (nSPS) is 12.5. The zero-order chi connectivity index (χ0) is 39.3. The predicted octanol–water partition coefficient (Wildman–Crippen LogP) is 16.1. The quantitative estimate of drug-likeness (QED) is 0.157. The van der Waals surface area contributed by atoms with Gasteiger partial charge in [0.2, 0.25) is 0 Å². The molecule has 278 valence electrons. The molecule has 0 nitrogen and oxygen atoms in total. The minimum atomic E-state index is 0.911. The topological polar surface area (TPSA) is 0 Å². The molecule has 2 aliphatic carbocycles. The number of fused-ring (bicyclic) bond motifs is 10. The van der Waals surface area contributed by atoms with Crippen molar-refractivity contribution in [2.75, 3.05) is 0 Å². The van der Waals surface area contributed by atoms with Gasteiger partial charge in [-0.2, -0.15) is 0 Å². The fourth-order valence-corrected chi connectivity index (χ4v) is 11.1. The van der Waals surface area contributed by atoms with E-state index in [4.69, 9.17) is 0 Å². The van der Waals surface area contributed by atoms with Crippen LogP contribution in [0.5, 0.6) is 0 Å². The lowest BCUT2D eigenvalue weighted by Gasteiger charge is -2.22. The molecule has 0 bridgehead atoms. The molecular formula is C60H38. The molecule has 13 rings (SSSR count). The summed E-state index contributed by atoms with van der Waals surface area (Å²) in [5, 5.41) is 10.3. The van der Waals surface area contributed by atoms with E-state index in [1.807, 2.05) is 0 Å². The van der Waals surface area contributed by atoms with Gasteiger partial charge in [0.25, 0.3) is 0 Å². The molecule has 0 spiro atoms. The van der Waals surface area contributed by atoms with Crippen LogP contribution in [0.1, 0.15) is 22.3 Å². The standard InChI is InChI=1S/C60H38/c1-2-17-37(18-3-1)54-43-24-6-8-26-45(43)59(46-27-9-7-25-44(46)54)52-33-15-21-40-36-41-22-16-34-53(57(41)56(40)52)60-49-30-12-10-28-47(49)58(48-29-11-13-31-50(48)60)51-32-14-20-39-35-38-19-4-5-23-42(38)55(39)51/h1-34H,35-36H2. The van der Waals surface area contributed by atoms with Gasteiger partial charge in [-0.3, -0.25) is 0 Å². The van der Waals surface area contributed by atoms with Crippen LogP contribution in [0.2, 0.25) is 0 Å². The van der Waals surface area contributed by atoms with Crippen LogP contribution in [0.15, 0.2) is 206 Å². The van der Waals surface area contributed by atoms with Crippen LogP contribution in [0.25, 0.3) is 110 Å². The van der Waals surface area contributed by atoms with Crippen molar-refractivity contribution in [1.82, 2.24) is 0 Å². The van der Waals surface area contributed by atoms with Gasteiger partial charge in [-0.25, -0.2) is 0 Å². The smallest absolute Gasteiger partial charge is 0.00130 e. The largest absolute Gasteiger partial charge is 0.0622 e. The fourth-order valence-electron chi connectivity index (χ4n) is 11.1. The van der Waals surface area contributed by atoms with Crippen LogP contribution in [0, 0.1) is 0 Å². The first kappa shape index (κ1) is 33.4. The summed E-state index contributed by atoms with van der Waals surface area (Å²) in [5.41, 5.74) is 21.5. The summed E-state index contributed by atoms with van der Waals surface area (Å²) in [7, 11) is 0. The molecule has 0 heteroatoms. The van der Waals surface area contributed by atoms with Gasteiger partial charge < -0.3 is 0 Å². The molecule has 0 radical (unpaired) electrons. The Morgan fingerprint density at radius 2 is 0.483 bits per heavy atom. The van der Waals surface area contributed by atoms with Gasteiger partial charge in [-0.05, 0) is 145 Å². The van der Waals surface area contributed by atoms with Crippen LogP contribution >= 0.6 is 0 Å². The molecule has 0 atom stereocenters. The van der Waals surface area contributed by atoms with Crippen molar-refractivity contribution in [2.24, 2.45) is 0 Å². The third-order valence-electron chi connectivity index (χ3n) is 13.5. The van der Waals surface area contributed by atoms with Crippen molar-refractivity contribution in [2.45, 2.75) is 12.8 Å². The third kappa shape index (κ3) is 4.74. The highest BCUT2D eigenvalue weighted by atomic mass is 14.3. The van der Waals surface area contributed by atoms with Gasteiger partial charge in [0.05, 0.1) is 0 Å². The summed E-state index contributed by atoms with van der Waals surface area (Å²) in [6.45, 7) is 0.